The van der Waals surface area contributed by atoms with Crippen LogP contribution in [0.25, 0.3) is 33.5 Å². The summed E-state index contributed by atoms with van der Waals surface area (Å²) in [6.07, 6.45) is 2.32. The van der Waals surface area contributed by atoms with Gasteiger partial charge in [-0.25, -0.2) is 9.37 Å². The molecule has 4 rings (SSSR count). The van der Waals surface area contributed by atoms with E-state index in [0.717, 1.165) is 41.5 Å². The zero-order valence-electron chi connectivity index (χ0n) is 21.7. The number of halogens is 3. The Morgan fingerprint density at radius 2 is 1.49 bits per heavy atom. The topological polar surface area (TPSA) is 74.6 Å². The van der Waals surface area contributed by atoms with Crippen molar-refractivity contribution < 1.29 is 19.3 Å². The summed E-state index contributed by atoms with van der Waals surface area (Å²) in [5.41, 5.74) is 5.70. The number of hydrogen-bond acceptors (Lipinski definition) is 5. The van der Waals surface area contributed by atoms with E-state index in [-0.39, 0.29) is 19.0 Å². The normalized spacial score (nSPS) is 11.1. The molecule has 0 unspecified atom stereocenters. The average molecular weight is 570 g/mol. The lowest BCUT2D eigenvalue weighted by molar-refractivity contribution is 0.284. The second-order valence-electron chi connectivity index (χ2n) is 9.09. The van der Waals surface area contributed by atoms with E-state index in [4.69, 9.17) is 43.1 Å². The lowest BCUT2D eigenvalue weighted by Gasteiger charge is -2.15. The molecule has 0 aliphatic carbocycles. The molecule has 0 spiro atoms. The lowest BCUT2D eigenvalue weighted by atomic mass is 9.96. The summed E-state index contributed by atoms with van der Waals surface area (Å²) in [5, 5.41) is 22.0. The number of nitrogens with zero attached hydrogens (tertiary/aromatic N) is 1. The molecule has 0 fully saturated rings. The number of ether oxygens (including phenoxy) is 1. The Morgan fingerprint density at radius 3 is 2.15 bits per heavy atom. The van der Waals surface area contributed by atoms with Crippen LogP contribution in [0.1, 0.15) is 24.0 Å². The largest absolute Gasteiger partial charge is 0.481 e. The molecule has 0 radical (unpaired) electrons. The third kappa shape index (κ3) is 6.78. The summed E-state index contributed by atoms with van der Waals surface area (Å²) in [5.74, 6) is 0.184. The van der Waals surface area contributed by atoms with Gasteiger partial charge >= 0.3 is 0 Å². The molecular formula is C31H31Cl2FN2O3. The Bertz CT molecular complexity index is 1430. The maximum absolute atomic E-state index is 14.8. The Hall–Kier alpha value is -3.00. The number of aryl methyl sites for hydroxylation is 1. The fourth-order valence-corrected chi connectivity index (χ4v) is 5.14. The highest BCUT2D eigenvalue weighted by molar-refractivity contribution is 6.39. The zero-order chi connectivity index (χ0) is 27.8. The predicted molar refractivity (Wildman–Crippen MR) is 156 cm³/mol. The van der Waals surface area contributed by atoms with Crippen LogP contribution >= 0.6 is 23.2 Å². The quantitative estimate of drug-likeness (QED) is 0.161. The van der Waals surface area contributed by atoms with E-state index in [9.17, 15) is 4.39 Å². The van der Waals surface area contributed by atoms with Crippen LogP contribution in [0.5, 0.6) is 5.88 Å². The van der Waals surface area contributed by atoms with Crippen molar-refractivity contribution >= 4 is 23.2 Å². The summed E-state index contributed by atoms with van der Waals surface area (Å²) >= 11 is 13.8. The molecule has 8 heteroatoms. The molecule has 1 aromatic heterocycles. The van der Waals surface area contributed by atoms with Gasteiger partial charge in [0.1, 0.15) is 5.82 Å². The summed E-state index contributed by atoms with van der Waals surface area (Å²) in [4.78, 5) is 4.71. The number of nitrogens with one attached hydrogen (secondary N) is 1. The first-order valence-electron chi connectivity index (χ1n) is 12.8. The van der Waals surface area contributed by atoms with Gasteiger partial charge in [0, 0.05) is 53.1 Å². The molecule has 1 heterocycles. The van der Waals surface area contributed by atoms with E-state index >= 15 is 0 Å². The molecule has 0 amide bonds. The van der Waals surface area contributed by atoms with Crippen molar-refractivity contribution in [3.63, 3.8) is 0 Å². The van der Waals surface area contributed by atoms with Crippen LogP contribution in [0, 0.1) is 5.82 Å². The average Bonchev–Trinajstić information content (AvgIpc) is 2.95. The van der Waals surface area contributed by atoms with Gasteiger partial charge in [0.2, 0.25) is 5.88 Å². The summed E-state index contributed by atoms with van der Waals surface area (Å²) in [6.45, 7) is 0.868. The Kier molecular flexibility index (Phi) is 10.3. The molecule has 0 aliphatic heterocycles. The van der Waals surface area contributed by atoms with Crippen LogP contribution in [0.4, 0.5) is 4.39 Å². The van der Waals surface area contributed by atoms with Crippen molar-refractivity contribution in [1.29, 1.82) is 0 Å². The van der Waals surface area contributed by atoms with Crippen LogP contribution in [0.3, 0.4) is 0 Å². The molecule has 3 N–H and O–H groups in total. The van der Waals surface area contributed by atoms with Gasteiger partial charge < -0.3 is 20.3 Å². The van der Waals surface area contributed by atoms with Crippen LogP contribution in [-0.4, -0.2) is 42.1 Å². The monoisotopic (exact) mass is 568 g/mol. The first-order chi connectivity index (χ1) is 19.0. The second kappa shape index (κ2) is 13.9. The molecule has 204 valence electrons. The van der Waals surface area contributed by atoms with E-state index < -0.39 is 0 Å². The molecule has 39 heavy (non-hydrogen) atoms. The van der Waals surface area contributed by atoms with Crippen molar-refractivity contribution in [2.45, 2.75) is 25.8 Å². The maximum Gasteiger partial charge on any atom is 0.216 e. The van der Waals surface area contributed by atoms with Gasteiger partial charge in [-0.15, -0.1) is 0 Å². The number of pyridine rings is 1. The third-order valence-electron chi connectivity index (χ3n) is 6.52. The van der Waals surface area contributed by atoms with Gasteiger partial charge in [-0.2, -0.15) is 0 Å². The number of methoxy groups -OCH3 is 1. The Balaban J connectivity index is 1.68. The predicted octanol–water partition coefficient (Wildman–Crippen LogP) is 6.93. The number of unbranched alkanes of at least 4 members (excludes halogenated alkanes) is 1. The minimum absolute atomic E-state index is 0.00773. The first-order valence-corrected chi connectivity index (χ1v) is 13.6. The minimum atomic E-state index is -0.348. The van der Waals surface area contributed by atoms with Gasteiger partial charge in [-0.05, 0) is 37.0 Å². The number of hydrogen-bond donors (Lipinski definition) is 3. The van der Waals surface area contributed by atoms with Gasteiger partial charge in [0.15, 0.2) is 0 Å². The molecule has 4 aromatic rings. The number of aliphatic hydroxyl groups excluding tert-OH is 2. The molecular weight excluding hydrogens is 538 g/mol. The van der Waals surface area contributed by atoms with Crippen molar-refractivity contribution in [1.82, 2.24) is 10.3 Å². The van der Waals surface area contributed by atoms with Crippen molar-refractivity contribution in [2.75, 3.05) is 26.9 Å². The SMILES string of the molecule is COc1nc(-c2cccc(-c3cccc(-c4ccc(CNCCO)c(F)c4)c3Cl)c2Cl)ccc1CCCCO. The van der Waals surface area contributed by atoms with E-state index in [2.05, 4.69) is 5.32 Å². The summed E-state index contributed by atoms with van der Waals surface area (Å²) in [7, 11) is 1.59. The number of rotatable bonds is 12. The number of aliphatic hydroxyl groups is 2. The molecule has 5 nitrogen and oxygen atoms in total. The van der Waals surface area contributed by atoms with Crippen molar-refractivity contribution in [2.24, 2.45) is 0 Å². The van der Waals surface area contributed by atoms with Crippen molar-refractivity contribution in [3.05, 3.63) is 93.7 Å². The van der Waals surface area contributed by atoms with Crippen LogP contribution in [-0.2, 0) is 13.0 Å². The van der Waals surface area contributed by atoms with Gasteiger partial charge in [0.05, 0.1) is 29.5 Å². The summed E-state index contributed by atoms with van der Waals surface area (Å²) < 4.78 is 20.3. The molecule has 0 atom stereocenters. The fourth-order valence-electron chi connectivity index (χ4n) is 4.47. The molecule has 0 saturated heterocycles. The number of aromatic nitrogens is 1. The Labute approximate surface area is 238 Å². The van der Waals surface area contributed by atoms with Gasteiger partial charge in [-0.3, -0.25) is 0 Å². The zero-order valence-corrected chi connectivity index (χ0v) is 23.2. The highest BCUT2D eigenvalue weighted by Gasteiger charge is 2.17. The van der Waals surface area contributed by atoms with E-state index in [1.807, 2.05) is 54.6 Å². The third-order valence-corrected chi connectivity index (χ3v) is 7.33. The smallest absolute Gasteiger partial charge is 0.216 e. The van der Waals surface area contributed by atoms with Gasteiger partial charge in [0.25, 0.3) is 0 Å². The molecule has 0 saturated carbocycles. The van der Waals surface area contributed by atoms with Crippen molar-refractivity contribution in [3.8, 4) is 39.4 Å². The first kappa shape index (κ1) is 29.0. The lowest BCUT2D eigenvalue weighted by Crippen LogP contribution is -2.18. The van der Waals surface area contributed by atoms with Crippen LogP contribution in [0.2, 0.25) is 10.0 Å². The highest BCUT2D eigenvalue weighted by atomic mass is 35.5. The summed E-state index contributed by atoms with van der Waals surface area (Å²) in [6, 6.07) is 20.2. The fraction of sp³-hybridized carbons (Fsp3) is 0.258. The van der Waals surface area contributed by atoms with E-state index in [0.29, 0.717) is 51.4 Å². The van der Waals surface area contributed by atoms with Gasteiger partial charge in [-0.1, -0.05) is 77.8 Å². The minimum Gasteiger partial charge on any atom is -0.481 e. The van der Waals surface area contributed by atoms with Crippen LogP contribution < -0.4 is 10.1 Å². The standard InChI is InChI=1S/C31H31Cl2FN2O3/c1-39-31-20(6-2-3-16-37)13-14-28(36-31)26-10-5-9-25(30(26)33)24-8-4-7-23(29(24)32)21-11-12-22(27(34)18-21)19-35-15-17-38/h4-5,7-14,18,35,37-38H,2-3,6,15-17,19H2,1H3. The second-order valence-corrected chi connectivity index (χ2v) is 9.84. The maximum atomic E-state index is 14.8. The number of benzene rings is 3. The van der Waals surface area contributed by atoms with Crippen LogP contribution in [0.15, 0.2) is 66.7 Å². The molecule has 3 aromatic carbocycles. The van der Waals surface area contributed by atoms with E-state index in [1.165, 1.54) is 6.07 Å². The molecule has 0 bridgehead atoms. The molecule has 0 aliphatic rings. The highest BCUT2D eigenvalue weighted by Crippen LogP contribution is 2.42. The Morgan fingerprint density at radius 1 is 0.821 bits per heavy atom. The van der Waals surface area contributed by atoms with E-state index in [1.54, 1.807) is 13.2 Å².